The number of benzene rings is 2. The molecule has 0 bridgehead atoms. The van der Waals surface area contributed by atoms with Crippen LogP contribution in [0.3, 0.4) is 0 Å². The summed E-state index contributed by atoms with van der Waals surface area (Å²) in [5.74, 6) is 0.380. The van der Waals surface area contributed by atoms with Gasteiger partial charge in [-0.1, -0.05) is 13.0 Å². The number of rotatable bonds is 7. The monoisotopic (exact) mass is 358 g/mol. The van der Waals surface area contributed by atoms with E-state index in [0.717, 1.165) is 0 Å². The van der Waals surface area contributed by atoms with E-state index >= 15 is 0 Å². The molecule has 7 nitrogen and oxygen atoms in total. The average Bonchev–Trinajstić information content (AvgIpc) is 2.63. The zero-order valence-electron chi connectivity index (χ0n) is 14.9. The van der Waals surface area contributed by atoms with Gasteiger partial charge in [-0.25, -0.2) is 4.79 Å². The van der Waals surface area contributed by atoms with Crippen LogP contribution in [0, 0.1) is 5.92 Å². The highest BCUT2D eigenvalue weighted by atomic mass is 16.5. The lowest BCUT2D eigenvalue weighted by atomic mass is 10.2. The van der Waals surface area contributed by atoms with E-state index in [1.807, 2.05) is 18.2 Å². The highest BCUT2D eigenvalue weighted by Gasteiger charge is 2.17. The van der Waals surface area contributed by atoms with Crippen molar-refractivity contribution in [2.24, 2.45) is 5.92 Å². The van der Waals surface area contributed by atoms with Gasteiger partial charge in [-0.05, 0) is 36.4 Å². The van der Waals surface area contributed by atoms with Gasteiger partial charge in [0.25, 0.3) is 0 Å². The molecule has 0 aliphatic heterocycles. The topological polar surface area (TPSA) is 88.1 Å². The van der Waals surface area contributed by atoms with Crippen molar-refractivity contribution in [3.05, 3.63) is 48.5 Å². The maximum atomic E-state index is 12.1. The quantitative estimate of drug-likeness (QED) is 0.788. The van der Waals surface area contributed by atoms with Gasteiger partial charge in [0.1, 0.15) is 17.2 Å². The van der Waals surface area contributed by atoms with E-state index in [4.69, 9.17) is 14.6 Å². The van der Waals surface area contributed by atoms with E-state index in [0.29, 0.717) is 22.9 Å². The molecule has 26 heavy (non-hydrogen) atoms. The molecule has 0 radical (unpaired) electrons. The minimum absolute atomic E-state index is 0.123. The second-order valence-electron chi connectivity index (χ2n) is 5.86. The zero-order chi connectivity index (χ0) is 19.1. The molecule has 0 aliphatic rings. The Morgan fingerprint density at radius 3 is 2.38 bits per heavy atom. The molecule has 0 saturated carbocycles. The molecule has 2 rings (SSSR count). The molecule has 0 fully saturated rings. The molecule has 138 valence electrons. The number of hydrogen-bond donors (Lipinski definition) is 2. The first-order chi connectivity index (χ1) is 12.4. The van der Waals surface area contributed by atoms with E-state index in [1.165, 1.54) is 4.90 Å². The van der Waals surface area contributed by atoms with Gasteiger partial charge in [0.05, 0.1) is 13.0 Å². The highest BCUT2D eigenvalue weighted by Crippen LogP contribution is 2.26. The number of carbonyl (C=O) groups is 2. The summed E-state index contributed by atoms with van der Waals surface area (Å²) in [5.41, 5.74) is 0.586. The Balaban J connectivity index is 1.94. The largest absolute Gasteiger partial charge is 0.497 e. The number of anilines is 1. The van der Waals surface area contributed by atoms with Crippen molar-refractivity contribution >= 4 is 17.7 Å². The van der Waals surface area contributed by atoms with Gasteiger partial charge >= 0.3 is 12.0 Å². The van der Waals surface area contributed by atoms with Crippen LogP contribution in [0.4, 0.5) is 10.5 Å². The first kappa shape index (κ1) is 19.1. The number of carboxylic acid groups (broad SMARTS) is 1. The lowest BCUT2D eigenvalue weighted by molar-refractivity contribution is -0.141. The van der Waals surface area contributed by atoms with Crippen LogP contribution in [0.2, 0.25) is 0 Å². The van der Waals surface area contributed by atoms with Crippen LogP contribution in [0.25, 0.3) is 0 Å². The zero-order valence-corrected chi connectivity index (χ0v) is 14.9. The van der Waals surface area contributed by atoms with Gasteiger partial charge in [0.15, 0.2) is 0 Å². The van der Waals surface area contributed by atoms with Gasteiger partial charge in [-0.3, -0.25) is 4.79 Å². The van der Waals surface area contributed by atoms with Gasteiger partial charge in [0.2, 0.25) is 0 Å². The third-order valence-electron chi connectivity index (χ3n) is 3.70. The van der Waals surface area contributed by atoms with Crippen LogP contribution in [0.1, 0.15) is 6.92 Å². The molecule has 1 unspecified atom stereocenters. The van der Waals surface area contributed by atoms with E-state index in [9.17, 15) is 9.59 Å². The van der Waals surface area contributed by atoms with Crippen molar-refractivity contribution in [1.82, 2.24) is 4.90 Å². The Hall–Kier alpha value is -3.22. The second-order valence-corrected chi connectivity index (χ2v) is 5.86. The Morgan fingerprint density at radius 2 is 1.77 bits per heavy atom. The predicted octanol–water partition coefficient (Wildman–Crippen LogP) is 3.67. The van der Waals surface area contributed by atoms with E-state index in [-0.39, 0.29) is 12.6 Å². The van der Waals surface area contributed by atoms with E-state index < -0.39 is 11.9 Å². The van der Waals surface area contributed by atoms with Crippen LogP contribution in [0.15, 0.2) is 48.5 Å². The number of amides is 2. The van der Waals surface area contributed by atoms with Gasteiger partial charge in [-0.15, -0.1) is 0 Å². The number of urea groups is 1. The summed E-state index contributed by atoms with van der Waals surface area (Å²) in [6.45, 7) is 1.68. The summed E-state index contributed by atoms with van der Waals surface area (Å²) in [5, 5.41) is 11.6. The van der Waals surface area contributed by atoms with E-state index in [2.05, 4.69) is 5.32 Å². The molecular formula is C19H22N2O5. The lowest BCUT2D eigenvalue weighted by Crippen LogP contribution is -2.36. The maximum Gasteiger partial charge on any atom is 0.321 e. The normalized spacial score (nSPS) is 11.3. The van der Waals surface area contributed by atoms with Crippen molar-refractivity contribution in [1.29, 1.82) is 0 Å². The molecule has 0 aliphatic carbocycles. The standard InChI is InChI=1S/C19H22N2O5/c1-13(18(22)23)12-21(2)19(24)20-14-7-9-15(10-8-14)26-17-6-4-5-16(11-17)25-3/h4-11,13H,12H2,1-3H3,(H,20,24)(H,22,23). The van der Waals surface area contributed by atoms with Crippen LogP contribution < -0.4 is 14.8 Å². The number of ether oxygens (including phenoxy) is 2. The number of nitrogens with one attached hydrogen (secondary N) is 1. The third-order valence-corrected chi connectivity index (χ3v) is 3.70. The maximum absolute atomic E-state index is 12.1. The molecule has 2 aromatic carbocycles. The fourth-order valence-corrected chi connectivity index (χ4v) is 2.20. The fraction of sp³-hybridized carbons (Fsp3) is 0.263. The Labute approximate surface area is 152 Å². The number of carboxylic acids is 1. The molecule has 0 aromatic heterocycles. The summed E-state index contributed by atoms with van der Waals surface area (Å²) >= 11 is 0. The molecule has 7 heteroatoms. The summed E-state index contributed by atoms with van der Waals surface area (Å²) < 4.78 is 10.9. The second kappa shape index (κ2) is 8.75. The van der Waals surface area contributed by atoms with Gasteiger partial charge < -0.3 is 24.8 Å². The number of hydrogen-bond acceptors (Lipinski definition) is 4. The summed E-state index contributed by atoms with van der Waals surface area (Å²) in [6, 6.07) is 13.8. The average molecular weight is 358 g/mol. The van der Waals surface area contributed by atoms with Crippen molar-refractivity contribution in [3.63, 3.8) is 0 Å². The molecule has 0 spiro atoms. The summed E-state index contributed by atoms with van der Waals surface area (Å²) in [4.78, 5) is 24.3. The molecule has 2 amide bonds. The summed E-state index contributed by atoms with van der Waals surface area (Å²) in [7, 11) is 3.14. The fourth-order valence-electron chi connectivity index (χ4n) is 2.20. The van der Waals surface area contributed by atoms with Crippen LogP contribution in [0.5, 0.6) is 17.2 Å². The minimum atomic E-state index is -0.941. The Bertz CT molecular complexity index is 761. The number of carbonyl (C=O) groups excluding carboxylic acids is 1. The first-order valence-corrected chi connectivity index (χ1v) is 8.06. The third kappa shape index (κ3) is 5.41. The molecular weight excluding hydrogens is 336 g/mol. The smallest absolute Gasteiger partial charge is 0.321 e. The SMILES string of the molecule is COc1cccc(Oc2ccc(NC(=O)N(C)CC(C)C(=O)O)cc2)c1. The predicted molar refractivity (Wildman–Crippen MR) is 98.0 cm³/mol. The summed E-state index contributed by atoms with van der Waals surface area (Å²) in [6.07, 6.45) is 0. The number of aliphatic carboxylic acids is 1. The van der Waals surface area contributed by atoms with Crippen molar-refractivity contribution in [2.75, 3.05) is 26.0 Å². The van der Waals surface area contributed by atoms with Crippen molar-refractivity contribution in [2.45, 2.75) is 6.92 Å². The van der Waals surface area contributed by atoms with Crippen LogP contribution in [-0.2, 0) is 4.79 Å². The van der Waals surface area contributed by atoms with Gasteiger partial charge in [0, 0.05) is 25.3 Å². The van der Waals surface area contributed by atoms with E-state index in [1.54, 1.807) is 51.4 Å². The number of methoxy groups -OCH3 is 1. The minimum Gasteiger partial charge on any atom is -0.497 e. The van der Waals surface area contributed by atoms with Crippen molar-refractivity contribution in [3.8, 4) is 17.2 Å². The molecule has 0 saturated heterocycles. The number of nitrogens with zero attached hydrogens (tertiary/aromatic N) is 1. The highest BCUT2D eigenvalue weighted by molar-refractivity contribution is 5.89. The first-order valence-electron chi connectivity index (χ1n) is 8.06. The lowest BCUT2D eigenvalue weighted by Gasteiger charge is -2.20. The Kier molecular flexibility index (Phi) is 6.43. The van der Waals surface area contributed by atoms with Crippen molar-refractivity contribution < 1.29 is 24.2 Å². The van der Waals surface area contributed by atoms with Gasteiger partial charge in [-0.2, -0.15) is 0 Å². The van der Waals surface area contributed by atoms with Crippen LogP contribution >= 0.6 is 0 Å². The molecule has 0 heterocycles. The molecule has 2 N–H and O–H groups in total. The molecule has 2 aromatic rings. The molecule has 1 atom stereocenters. The van der Waals surface area contributed by atoms with Crippen LogP contribution in [-0.4, -0.2) is 42.7 Å². The Morgan fingerprint density at radius 1 is 1.12 bits per heavy atom.